The summed E-state index contributed by atoms with van der Waals surface area (Å²) in [4.78, 5) is 9.03. The molecule has 0 atom stereocenters. The van der Waals surface area contributed by atoms with Crippen molar-refractivity contribution < 1.29 is 0 Å². The zero-order valence-electron chi connectivity index (χ0n) is 10.5. The molecule has 1 saturated heterocycles. The molecule has 0 unspecified atom stereocenters. The van der Waals surface area contributed by atoms with Crippen molar-refractivity contribution in [3.8, 4) is 5.97 Å². The minimum absolute atomic E-state index is 0.241. The van der Waals surface area contributed by atoms with Crippen LogP contribution in [0.15, 0.2) is 28.9 Å². The van der Waals surface area contributed by atoms with E-state index in [9.17, 15) is 0 Å². The summed E-state index contributed by atoms with van der Waals surface area (Å²) in [5.74, 6) is 2.86. The van der Waals surface area contributed by atoms with Gasteiger partial charge in [0, 0.05) is 33.6 Å². The van der Waals surface area contributed by atoms with Crippen molar-refractivity contribution in [2.75, 3.05) is 0 Å². The normalized spacial score (nSPS) is 16.5. The molecule has 3 rings (SSSR count). The molecule has 0 radical (unpaired) electrons. The number of aromatic nitrogens is 2. The Labute approximate surface area is 121 Å². The van der Waals surface area contributed by atoms with Crippen LogP contribution < -0.4 is 0 Å². The van der Waals surface area contributed by atoms with Crippen LogP contribution >= 0.6 is 15.9 Å². The van der Waals surface area contributed by atoms with Gasteiger partial charge in [-0.05, 0) is 34.1 Å². The highest BCUT2D eigenvalue weighted by Crippen LogP contribution is 2.33. The summed E-state index contributed by atoms with van der Waals surface area (Å²) in [7, 11) is 0. The molecule has 2 aromatic rings. The van der Waals surface area contributed by atoms with Gasteiger partial charge in [0.1, 0.15) is 0 Å². The van der Waals surface area contributed by atoms with Gasteiger partial charge >= 0.3 is 0 Å². The summed E-state index contributed by atoms with van der Waals surface area (Å²) < 4.78 is 0.976. The topological polar surface area (TPSA) is 49.6 Å². The van der Waals surface area contributed by atoms with Gasteiger partial charge in [-0.3, -0.25) is 0 Å². The predicted molar refractivity (Wildman–Crippen MR) is 80.2 cm³/mol. The lowest BCUT2D eigenvalue weighted by molar-refractivity contribution is 0.597. The molecule has 0 N–H and O–H groups in total. The van der Waals surface area contributed by atoms with Crippen LogP contribution in [0, 0.1) is 11.2 Å². The number of nitriles is 1. The van der Waals surface area contributed by atoms with Crippen molar-refractivity contribution in [3.05, 3.63) is 34.6 Å². The summed E-state index contributed by atoms with van der Waals surface area (Å²) in [6, 6.07) is 6.23. The first-order chi connectivity index (χ1) is 9.26. The minimum Gasteiger partial charge on any atom is -0.235 e. The van der Waals surface area contributed by atoms with Gasteiger partial charge in [-0.1, -0.05) is 25.5 Å². The van der Waals surface area contributed by atoms with Crippen LogP contribution in [-0.2, 0) is 0 Å². The molecule has 2 aromatic heterocycles. The van der Waals surface area contributed by atoms with E-state index in [1.165, 1.54) is 0 Å². The highest BCUT2D eigenvalue weighted by Gasteiger charge is 2.25. The first-order valence-electron chi connectivity index (χ1n) is 6.58. The summed E-state index contributed by atoms with van der Waals surface area (Å²) in [6.45, 7) is 0.241. The first kappa shape index (κ1) is 12.6. The van der Waals surface area contributed by atoms with Gasteiger partial charge < -0.3 is 0 Å². The fraction of sp³-hybridized carbons (Fsp3) is 0.357. The lowest BCUT2D eigenvalue weighted by Gasteiger charge is -2.22. The molecule has 0 bridgehead atoms. The Morgan fingerprint density at radius 1 is 1.32 bits per heavy atom. The molecule has 19 heavy (non-hydrogen) atoms. The number of halogens is 1. The van der Waals surface area contributed by atoms with E-state index < -0.39 is 0 Å². The lowest BCUT2D eigenvalue weighted by atomic mass is 9.41. The number of pyridine rings is 2. The van der Waals surface area contributed by atoms with Crippen LogP contribution in [0.4, 0.5) is 0 Å². The predicted octanol–water partition coefficient (Wildman–Crippen LogP) is 3.83. The van der Waals surface area contributed by atoms with Crippen LogP contribution in [0.1, 0.15) is 24.5 Å². The Hall–Kier alpha value is -1.41. The van der Waals surface area contributed by atoms with E-state index in [0.29, 0.717) is 5.92 Å². The number of rotatable bonds is 1. The first-order valence-corrected chi connectivity index (χ1v) is 7.37. The summed E-state index contributed by atoms with van der Waals surface area (Å²) in [5, 5.41) is 9.99. The quantitative estimate of drug-likeness (QED) is 0.752. The number of hydrogen-bond donors (Lipinski definition) is 0. The third-order valence-electron chi connectivity index (χ3n) is 3.86. The highest BCUT2D eigenvalue weighted by atomic mass is 79.9. The van der Waals surface area contributed by atoms with Crippen molar-refractivity contribution >= 4 is 33.7 Å². The van der Waals surface area contributed by atoms with E-state index in [-0.39, 0.29) is 6.71 Å². The van der Waals surface area contributed by atoms with Crippen LogP contribution in [0.5, 0.6) is 0 Å². The second kappa shape index (κ2) is 5.30. The van der Waals surface area contributed by atoms with Crippen molar-refractivity contribution in [2.24, 2.45) is 0 Å². The van der Waals surface area contributed by atoms with Crippen LogP contribution in [0.25, 0.3) is 11.0 Å². The Balaban J connectivity index is 1.86. The van der Waals surface area contributed by atoms with Crippen molar-refractivity contribution in [1.29, 1.82) is 5.26 Å². The van der Waals surface area contributed by atoms with Crippen LogP contribution in [-0.4, -0.2) is 16.7 Å². The van der Waals surface area contributed by atoms with Gasteiger partial charge in [0.25, 0.3) is 6.71 Å². The monoisotopic (exact) mass is 313 g/mol. The molecule has 3 nitrogen and oxygen atoms in total. The largest absolute Gasteiger partial charge is 0.267 e. The maximum Gasteiger partial charge on any atom is 0.267 e. The molecule has 0 spiro atoms. The van der Waals surface area contributed by atoms with E-state index >= 15 is 0 Å². The smallest absolute Gasteiger partial charge is 0.235 e. The van der Waals surface area contributed by atoms with Gasteiger partial charge in [-0.2, -0.15) is 0 Å². The number of hydrogen-bond acceptors (Lipinski definition) is 3. The molecule has 1 fully saturated rings. The van der Waals surface area contributed by atoms with Crippen molar-refractivity contribution in [3.63, 3.8) is 0 Å². The van der Waals surface area contributed by atoms with Crippen molar-refractivity contribution in [1.82, 2.24) is 9.97 Å². The zero-order chi connectivity index (χ0) is 13.2. The number of fused-ring (bicyclic) bond motifs is 1. The average Bonchev–Trinajstić information content (AvgIpc) is 2.47. The van der Waals surface area contributed by atoms with E-state index in [1.807, 2.05) is 6.07 Å². The minimum atomic E-state index is 0.241. The molecule has 0 aliphatic carbocycles. The highest BCUT2D eigenvalue weighted by molar-refractivity contribution is 9.10. The summed E-state index contributed by atoms with van der Waals surface area (Å²) >= 11 is 3.42. The van der Waals surface area contributed by atoms with Gasteiger partial charge in [0.2, 0.25) is 0 Å². The zero-order valence-corrected chi connectivity index (χ0v) is 12.1. The van der Waals surface area contributed by atoms with Crippen molar-refractivity contribution in [2.45, 2.75) is 31.4 Å². The Morgan fingerprint density at radius 2 is 2.11 bits per heavy atom. The van der Waals surface area contributed by atoms with E-state index in [1.54, 1.807) is 6.20 Å². The average molecular weight is 314 g/mol. The van der Waals surface area contributed by atoms with Crippen LogP contribution in [0.3, 0.4) is 0 Å². The molecule has 5 heteroatoms. The van der Waals surface area contributed by atoms with Gasteiger partial charge in [0.15, 0.2) is 5.65 Å². The Morgan fingerprint density at radius 3 is 2.84 bits per heavy atom. The molecule has 0 amide bonds. The second-order valence-corrected chi connectivity index (χ2v) is 6.03. The van der Waals surface area contributed by atoms with Gasteiger partial charge in [-0.15, -0.1) is 0 Å². The van der Waals surface area contributed by atoms with E-state index in [0.717, 1.165) is 46.7 Å². The second-order valence-electron chi connectivity index (χ2n) is 5.11. The van der Waals surface area contributed by atoms with E-state index in [2.05, 4.69) is 44.0 Å². The standard InChI is InChI=1S/C14H13BBrN3/c16-12-7-11-1-2-13(19-14(11)18-8-12)10-3-5-15(9-17)6-4-10/h1-2,7-8,10H,3-6H2. The SMILES string of the molecule is N#CB1CCC(c2ccc3cc(Br)cnc3n2)CC1. The molecule has 0 aromatic carbocycles. The maximum absolute atomic E-state index is 8.94. The molecule has 3 heterocycles. The van der Waals surface area contributed by atoms with Gasteiger partial charge in [0.05, 0.1) is 0 Å². The lowest BCUT2D eigenvalue weighted by Crippen LogP contribution is -2.19. The summed E-state index contributed by atoms with van der Waals surface area (Å²) in [6.07, 6.45) is 5.90. The van der Waals surface area contributed by atoms with Gasteiger partial charge in [-0.25, -0.2) is 15.2 Å². The number of nitrogens with zero attached hydrogens (tertiary/aromatic N) is 3. The Kier molecular flexibility index (Phi) is 3.52. The molecule has 0 saturated carbocycles. The molecular formula is C14H13BBrN3. The fourth-order valence-corrected chi connectivity index (χ4v) is 3.09. The molecular weight excluding hydrogens is 301 g/mol. The summed E-state index contributed by atoms with van der Waals surface area (Å²) in [5.41, 5.74) is 1.93. The molecule has 1 aliphatic heterocycles. The third kappa shape index (κ3) is 2.64. The maximum atomic E-state index is 8.94. The molecule has 94 valence electrons. The molecule has 1 aliphatic rings. The van der Waals surface area contributed by atoms with E-state index in [4.69, 9.17) is 5.26 Å². The fourth-order valence-electron chi connectivity index (χ4n) is 2.74. The third-order valence-corrected chi connectivity index (χ3v) is 4.29. The Bertz CT molecular complexity index is 645. The van der Waals surface area contributed by atoms with Crippen LogP contribution in [0.2, 0.25) is 12.6 Å².